The maximum atomic E-state index is 13.7. The van der Waals surface area contributed by atoms with E-state index in [0.29, 0.717) is 19.0 Å². The van der Waals surface area contributed by atoms with Crippen molar-refractivity contribution in [2.45, 2.75) is 45.4 Å². The lowest BCUT2D eigenvalue weighted by Crippen LogP contribution is -2.50. The Labute approximate surface area is 182 Å². The van der Waals surface area contributed by atoms with Gasteiger partial charge in [-0.3, -0.25) is 14.4 Å². The van der Waals surface area contributed by atoms with Gasteiger partial charge in [-0.15, -0.1) is 0 Å². The first-order chi connectivity index (χ1) is 14.5. The van der Waals surface area contributed by atoms with Crippen molar-refractivity contribution in [3.63, 3.8) is 0 Å². The Hall–Kier alpha value is -1.89. The van der Waals surface area contributed by atoms with E-state index in [1.54, 1.807) is 18.3 Å². The Morgan fingerprint density at radius 3 is 2.33 bits per heavy atom. The second-order valence-corrected chi connectivity index (χ2v) is 10.6. The zero-order valence-corrected chi connectivity index (χ0v) is 18.6. The van der Waals surface area contributed by atoms with Crippen LogP contribution in [0.1, 0.15) is 55.8 Å². The van der Waals surface area contributed by atoms with E-state index in [1.807, 2.05) is 26.6 Å². The molecule has 1 aliphatic carbocycles. The molecule has 4 heterocycles. The largest absolute Gasteiger partial charge is 0.342 e. The minimum absolute atomic E-state index is 0.0744. The molecule has 3 saturated heterocycles. The summed E-state index contributed by atoms with van der Waals surface area (Å²) in [6.07, 6.45) is 5.99. The van der Waals surface area contributed by atoms with Crippen LogP contribution in [0.2, 0.25) is 0 Å². The van der Waals surface area contributed by atoms with Crippen LogP contribution in [0.3, 0.4) is 0 Å². The molecule has 4 aliphatic rings. The molecule has 6 nitrogen and oxygen atoms in total. The van der Waals surface area contributed by atoms with Gasteiger partial charge in [0.2, 0.25) is 11.8 Å². The minimum Gasteiger partial charge on any atom is -0.342 e. The monoisotopic (exact) mass is 429 g/mol. The summed E-state index contributed by atoms with van der Waals surface area (Å²) in [7, 11) is 0. The maximum absolute atomic E-state index is 13.7. The molecule has 0 bridgehead atoms. The van der Waals surface area contributed by atoms with Crippen molar-refractivity contribution < 1.29 is 14.4 Å². The van der Waals surface area contributed by atoms with Crippen molar-refractivity contribution in [2.24, 2.45) is 16.7 Å². The number of likely N-dealkylation sites (tertiary alicyclic amines) is 3. The summed E-state index contributed by atoms with van der Waals surface area (Å²) in [6, 6.07) is 1.90. The predicted molar refractivity (Wildman–Crippen MR) is 115 cm³/mol. The van der Waals surface area contributed by atoms with Gasteiger partial charge in [0.15, 0.2) is 0 Å². The molecule has 0 unspecified atom stereocenters. The summed E-state index contributed by atoms with van der Waals surface area (Å²) in [5, 5.41) is 3.87. The fourth-order valence-corrected chi connectivity index (χ4v) is 7.34. The Kier molecular flexibility index (Phi) is 4.92. The van der Waals surface area contributed by atoms with E-state index in [4.69, 9.17) is 0 Å². The van der Waals surface area contributed by atoms with E-state index >= 15 is 0 Å². The molecule has 30 heavy (non-hydrogen) atoms. The smallest absolute Gasteiger partial charge is 0.254 e. The molecule has 3 aliphatic heterocycles. The molecular formula is C23H31N3O3S. The Balaban J connectivity index is 1.37. The number of carbonyl (C=O) groups is 3. The molecule has 1 spiro atoms. The highest BCUT2D eigenvalue weighted by Crippen LogP contribution is 2.62. The molecule has 0 aromatic carbocycles. The lowest BCUT2D eigenvalue weighted by atomic mass is 9.65. The van der Waals surface area contributed by atoms with Crippen LogP contribution in [0.5, 0.6) is 0 Å². The number of piperidine rings is 1. The first kappa shape index (κ1) is 20.0. The number of amides is 3. The zero-order valence-electron chi connectivity index (χ0n) is 17.8. The van der Waals surface area contributed by atoms with E-state index in [-0.39, 0.29) is 23.1 Å². The van der Waals surface area contributed by atoms with Crippen molar-refractivity contribution in [3.8, 4) is 0 Å². The Morgan fingerprint density at radius 1 is 0.967 bits per heavy atom. The molecule has 162 valence electrons. The van der Waals surface area contributed by atoms with Gasteiger partial charge in [-0.25, -0.2) is 0 Å². The number of nitrogens with zero attached hydrogens (tertiary/aromatic N) is 3. The average Bonchev–Trinajstić information content (AvgIpc) is 3.53. The van der Waals surface area contributed by atoms with Crippen LogP contribution in [0, 0.1) is 16.7 Å². The fraction of sp³-hybridized carbons (Fsp3) is 0.696. The first-order valence-corrected chi connectivity index (χ1v) is 12.3. The number of thiophene rings is 1. The van der Waals surface area contributed by atoms with Crippen LogP contribution in [-0.4, -0.2) is 71.7 Å². The molecule has 3 amide bonds. The van der Waals surface area contributed by atoms with Gasteiger partial charge in [0, 0.05) is 51.6 Å². The SMILES string of the molecule is CC(=O)N1C[C@H]2C3(CCN(C(=O)c4ccsc4)CC3)CC[C@@]2(C(=O)N2CCCC2)C1. The quantitative estimate of drug-likeness (QED) is 0.726. The van der Waals surface area contributed by atoms with E-state index in [1.165, 1.54) is 0 Å². The predicted octanol–water partition coefficient (Wildman–Crippen LogP) is 2.85. The van der Waals surface area contributed by atoms with Crippen LogP contribution >= 0.6 is 11.3 Å². The first-order valence-electron chi connectivity index (χ1n) is 11.3. The highest BCUT2D eigenvalue weighted by atomic mass is 32.1. The summed E-state index contributed by atoms with van der Waals surface area (Å²) in [5.41, 5.74) is 0.449. The maximum Gasteiger partial charge on any atom is 0.254 e. The third-order valence-corrected chi connectivity index (χ3v) is 9.11. The third-order valence-electron chi connectivity index (χ3n) is 8.43. The van der Waals surface area contributed by atoms with Gasteiger partial charge >= 0.3 is 0 Å². The highest BCUT2D eigenvalue weighted by molar-refractivity contribution is 7.08. The Bertz CT molecular complexity index is 840. The van der Waals surface area contributed by atoms with E-state index in [0.717, 1.165) is 70.3 Å². The minimum atomic E-state index is -0.407. The lowest BCUT2D eigenvalue weighted by molar-refractivity contribution is -0.143. The second-order valence-electron chi connectivity index (χ2n) is 9.77. The molecule has 1 aromatic heterocycles. The number of hydrogen-bond donors (Lipinski definition) is 0. The molecule has 0 N–H and O–H groups in total. The van der Waals surface area contributed by atoms with Gasteiger partial charge in [-0.05, 0) is 61.3 Å². The molecule has 7 heteroatoms. The molecule has 1 aromatic rings. The third kappa shape index (κ3) is 3.00. The summed E-state index contributed by atoms with van der Waals surface area (Å²) in [4.78, 5) is 44.7. The molecule has 1 saturated carbocycles. The van der Waals surface area contributed by atoms with Gasteiger partial charge in [0.1, 0.15) is 0 Å². The average molecular weight is 430 g/mol. The van der Waals surface area contributed by atoms with E-state index in [2.05, 4.69) is 4.90 Å². The zero-order chi connectivity index (χ0) is 20.9. The van der Waals surface area contributed by atoms with Crippen molar-refractivity contribution in [1.29, 1.82) is 0 Å². The van der Waals surface area contributed by atoms with Crippen molar-refractivity contribution >= 4 is 29.1 Å². The number of fused-ring (bicyclic) bond motifs is 2. The summed E-state index contributed by atoms with van der Waals surface area (Å²) < 4.78 is 0. The molecule has 0 radical (unpaired) electrons. The topological polar surface area (TPSA) is 60.9 Å². The molecule has 4 fully saturated rings. The van der Waals surface area contributed by atoms with Crippen LogP contribution < -0.4 is 0 Å². The van der Waals surface area contributed by atoms with Crippen molar-refractivity contribution in [1.82, 2.24) is 14.7 Å². The van der Waals surface area contributed by atoms with Crippen molar-refractivity contribution in [3.05, 3.63) is 22.4 Å². The number of rotatable bonds is 2. The van der Waals surface area contributed by atoms with Gasteiger partial charge in [0.05, 0.1) is 11.0 Å². The second kappa shape index (κ2) is 7.36. The molecule has 5 rings (SSSR count). The molecular weight excluding hydrogens is 398 g/mol. The van der Waals surface area contributed by atoms with Crippen LogP contribution in [0.4, 0.5) is 0 Å². The van der Waals surface area contributed by atoms with E-state index < -0.39 is 5.41 Å². The molecule has 2 atom stereocenters. The van der Waals surface area contributed by atoms with Crippen LogP contribution in [0.15, 0.2) is 16.8 Å². The van der Waals surface area contributed by atoms with Gasteiger partial charge in [0.25, 0.3) is 5.91 Å². The number of carbonyl (C=O) groups excluding carboxylic acids is 3. The summed E-state index contributed by atoms with van der Waals surface area (Å²) in [5.74, 6) is 0.723. The summed E-state index contributed by atoms with van der Waals surface area (Å²) >= 11 is 1.55. The van der Waals surface area contributed by atoms with Crippen LogP contribution in [0.25, 0.3) is 0 Å². The Morgan fingerprint density at radius 2 is 1.70 bits per heavy atom. The normalized spacial score (nSPS) is 30.2. The van der Waals surface area contributed by atoms with Crippen LogP contribution in [-0.2, 0) is 9.59 Å². The standard InChI is InChI=1S/C23H31N3O3S/c1-17(27)26-14-19-22(5-6-23(19,16-26)21(29)25-9-2-3-10-25)7-11-24(12-8-22)20(28)18-4-13-30-15-18/h4,13,15,19H,2-3,5-12,14,16H2,1H3/t19-,23+/m0/s1. The van der Waals surface area contributed by atoms with Gasteiger partial charge in [-0.1, -0.05) is 0 Å². The van der Waals surface area contributed by atoms with E-state index in [9.17, 15) is 14.4 Å². The van der Waals surface area contributed by atoms with Gasteiger partial charge in [-0.2, -0.15) is 11.3 Å². The summed E-state index contributed by atoms with van der Waals surface area (Å²) in [6.45, 7) is 6.14. The highest BCUT2D eigenvalue weighted by Gasteiger charge is 2.65. The lowest BCUT2D eigenvalue weighted by Gasteiger charge is -2.44. The number of hydrogen-bond acceptors (Lipinski definition) is 4. The van der Waals surface area contributed by atoms with Gasteiger partial charge < -0.3 is 14.7 Å². The van der Waals surface area contributed by atoms with Crippen molar-refractivity contribution in [2.75, 3.05) is 39.3 Å². The fourth-order valence-electron chi connectivity index (χ4n) is 6.71.